The second-order valence-electron chi connectivity index (χ2n) is 7.36. The Morgan fingerprint density at radius 3 is 2.68 bits per heavy atom. The van der Waals surface area contributed by atoms with Crippen molar-refractivity contribution >= 4 is 17.6 Å². The summed E-state index contributed by atoms with van der Waals surface area (Å²) in [7, 11) is 3.71. The summed E-state index contributed by atoms with van der Waals surface area (Å²) in [5.41, 5.74) is 2.41. The molecule has 4 rings (SSSR count). The van der Waals surface area contributed by atoms with Crippen LogP contribution >= 0.6 is 0 Å². The number of likely N-dealkylation sites (N-methyl/N-ethyl adjacent to an activating group) is 1. The molecule has 0 bridgehead atoms. The minimum Gasteiger partial charge on any atom is -0.497 e. The number of hydrogen-bond acceptors (Lipinski definition) is 3. The van der Waals surface area contributed by atoms with E-state index in [1.807, 2.05) is 24.1 Å². The van der Waals surface area contributed by atoms with Crippen molar-refractivity contribution in [1.29, 1.82) is 0 Å². The zero-order valence-electron chi connectivity index (χ0n) is 16.5. The number of methoxy groups -OCH3 is 1. The van der Waals surface area contributed by atoms with Gasteiger partial charge in [0.1, 0.15) is 11.9 Å². The van der Waals surface area contributed by atoms with Gasteiger partial charge in [-0.1, -0.05) is 54.6 Å². The number of carbonyl (C=O) groups excluding carboxylic acids is 1. The van der Waals surface area contributed by atoms with Gasteiger partial charge < -0.3 is 9.64 Å². The lowest BCUT2D eigenvalue weighted by Gasteiger charge is -2.29. The molecular formula is C24H26N2O2. The largest absolute Gasteiger partial charge is 0.497 e. The number of fused-ring (bicyclic) bond motifs is 1. The van der Waals surface area contributed by atoms with Crippen molar-refractivity contribution in [3.05, 3.63) is 76.7 Å². The molecule has 1 aliphatic heterocycles. The molecule has 1 saturated heterocycles. The first-order valence-electron chi connectivity index (χ1n) is 9.76. The molecule has 4 nitrogen and oxygen atoms in total. The Labute approximate surface area is 166 Å². The fraction of sp³-hybridized carbons (Fsp3) is 0.292. The summed E-state index contributed by atoms with van der Waals surface area (Å²) in [6.45, 7) is 1.15. The van der Waals surface area contributed by atoms with Crippen LogP contribution in [0.15, 0.2) is 60.7 Å². The second-order valence-corrected chi connectivity index (χ2v) is 7.36. The van der Waals surface area contributed by atoms with Crippen LogP contribution in [0.3, 0.4) is 0 Å². The number of nitrogens with zero attached hydrogens (tertiary/aromatic N) is 2. The van der Waals surface area contributed by atoms with Crippen LogP contribution in [0.4, 0.5) is 0 Å². The van der Waals surface area contributed by atoms with E-state index < -0.39 is 0 Å². The molecular weight excluding hydrogens is 348 g/mol. The molecule has 1 heterocycles. The summed E-state index contributed by atoms with van der Waals surface area (Å²) in [4.78, 5) is 16.9. The quantitative estimate of drug-likeness (QED) is 0.802. The zero-order chi connectivity index (χ0) is 19.5. The number of amides is 1. The van der Waals surface area contributed by atoms with E-state index in [1.54, 1.807) is 7.11 Å². The highest BCUT2D eigenvalue weighted by Gasteiger charge is 2.37. The van der Waals surface area contributed by atoms with Gasteiger partial charge in [0.05, 0.1) is 13.7 Å². The minimum absolute atomic E-state index is 0.0327. The second kappa shape index (κ2) is 8.03. The highest BCUT2D eigenvalue weighted by atomic mass is 16.5. The number of carbonyl (C=O) groups is 1. The van der Waals surface area contributed by atoms with Gasteiger partial charge in [-0.2, -0.15) is 0 Å². The first kappa shape index (κ1) is 18.5. The molecule has 4 heteroatoms. The average Bonchev–Trinajstić information content (AvgIpc) is 2.88. The van der Waals surface area contributed by atoms with Gasteiger partial charge in [-0.25, -0.2) is 0 Å². The van der Waals surface area contributed by atoms with Crippen LogP contribution in [0, 0.1) is 0 Å². The monoisotopic (exact) mass is 374 g/mol. The van der Waals surface area contributed by atoms with Crippen LogP contribution in [0.5, 0.6) is 5.75 Å². The lowest BCUT2D eigenvalue weighted by Crippen LogP contribution is -2.43. The Hall–Kier alpha value is -2.85. The van der Waals surface area contributed by atoms with E-state index in [0.717, 1.165) is 18.6 Å². The van der Waals surface area contributed by atoms with Crippen LogP contribution < -0.4 is 15.2 Å². The molecule has 28 heavy (non-hydrogen) atoms. The molecule has 2 aliphatic rings. The van der Waals surface area contributed by atoms with Crippen LogP contribution in [0.1, 0.15) is 12.0 Å². The van der Waals surface area contributed by atoms with Gasteiger partial charge in [-0.3, -0.25) is 9.69 Å². The van der Waals surface area contributed by atoms with Crippen LogP contribution in [-0.2, 0) is 11.2 Å². The molecule has 0 spiro atoms. The maximum atomic E-state index is 12.8. The minimum atomic E-state index is -0.0327. The molecule has 0 radical (unpaired) electrons. The third kappa shape index (κ3) is 3.60. The highest BCUT2D eigenvalue weighted by molar-refractivity contribution is 5.84. The van der Waals surface area contributed by atoms with Crippen molar-refractivity contribution in [3.63, 3.8) is 0 Å². The van der Waals surface area contributed by atoms with E-state index in [4.69, 9.17) is 4.74 Å². The van der Waals surface area contributed by atoms with Gasteiger partial charge in [0, 0.05) is 6.54 Å². The lowest BCUT2D eigenvalue weighted by molar-refractivity contribution is -0.127. The number of rotatable bonds is 5. The molecule has 1 atom stereocenters. The van der Waals surface area contributed by atoms with Crippen LogP contribution in [0.25, 0.3) is 11.6 Å². The summed E-state index contributed by atoms with van der Waals surface area (Å²) in [5.74, 6) is 1.04. The number of allylic oxidation sites excluding steroid dienone is 1. The lowest BCUT2D eigenvalue weighted by atomic mass is 10.1. The number of hydrogen-bond donors (Lipinski definition) is 0. The number of ether oxygens (including phenoxy) is 1. The standard InChI is InChI=1S/C24H26N2O2/c1-25-17-23(27)26(16-15-18-11-13-20(28-2)14-12-18)24(25)22-10-6-4-8-19-7-3-5-9-21(19)22/h3,5-14,24H,4,15-17H2,1-2H3. The Morgan fingerprint density at radius 1 is 1.11 bits per heavy atom. The average molecular weight is 374 g/mol. The van der Waals surface area contributed by atoms with E-state index in [9.17, 15) is 4.79 Å². The van der Waals surface area contributed by atoms with E-state index in [-0.39, 0.29) is 12.1 Å². The van der Waals surface area contributed by atoms with Gasteiger partial charge >= 0.3 is 0 Å². The molecule has 1 unspecified atom stereocenters. The summed E-state index contributed by atoms with van der Waals surface area (Å²) in [6.07, 6.45) is 8.34. The normalized spacial score (nSPS) is 19.4. The third-order valence-corrected chi connectivity index (χ3v) is 5.54. The molecule has 144 valence electrons. The highest BCUT2D eigenvalue weighted by Crippen LogP contribution is 2.23. The number of benzene rings is 2. The smallest absolute Gasteiger partial charge is 0.238 e. The maximum absolute atomic E-state index is 12.8. The Morgan fingerprint density at radius 2 is 1.89 bits per heavy atom. The summed E-state index contributed by atoms with van der Waals surface area (Å²) < 4.78 is 5.23. The molecule has 0 aromatic heterocycles. The predicted molar refractivity (Wildman–Crippen MR) is 112 cm³/mol. The van der Waals surface area contributed by atoms with E-state index in [2.05, 4.69) is 59.5 Å². The maximum Gasteiger partial charge on any atom is 0.238 e. The van der Waals surface area contributed by atoms with Crippen molar-refractivity contribution in [2.24, 2.45) is 0 Å². The fourth-order valence-corrected chi connectivity index (χ4v) is 4.10. The Balaban J connectivity index is 1.65. The van der Waals surface area contributed by atoms with Crippen molar-refractivity contribution < 1.29 is 9.53 Å². The van der Waals surface area contributed by atoms with Gasteiger partial charge in [0.25, 0.3) is 0 Å². The molecule has 0 N–H and O–H groups in total. The SMILES string of the molecule is COc1ccc(CCN2C(=O)CN(C)C2C2=c3ccccc3=CCC=C2)cc1. The molecule has 0 saturated carbocycles. The van der Waals surface area contributed by atoms with Gasteiger partial charge in [-0.05, 0) is 53.6 Å². The first-order valence-corrected chi connectivity index (χ1v) is 9.76. The molecule has 2 aromatic carbocycles. The fourth-order valence-electron chi connectivity index (χ4n) is 4.10. The van der Waals surface area contributed by atoms with E-state index in [1.165, 1.54) is 21.6 Å². The molecule has 1 fully saturated rings. The zero-order valence-corrected chi connectivity index (χ0v) is 16.5. The van der Waals surface area contributed by atoms with E-state index >= 15 is 0 Å². The summed E-state index contributed by atoms with van der Waals surface area (Å²) >= 11 is 0. The Kier molecular flexibility index (Phi) is 5.31. The van der Waals surface area contributed by atoms with Gasteiger partial charge in [0.2, 0.25) is 5.91 Å². The van der Waals surface area contributed by atoms with Crippen LogP contribution in [0.2, 0.25) is 0 Å². The predicted octanol–water partition coefficient (Wildman–Crippen LogP) is 1.93. The van der Waals surface area contributed by atoms with Gasteiger partial charge in [-0.15, -0.1) is 0 Å². The topological polar surface area (TPSA) is 32.8 Å². The Bertz CT molecular complexity index is 1010. The molecule has 1 aliphatic carbocycles. The summed E-state index contributed by atoms with van der Waals surface area (Å²) in [5, 5.41) is 2.46. The molecule has 2 aromatic rings. The molecule has 1 amide bonds. The van der Waals surface area contributed by atoms with E-state index in [0.29, 0.717) is 13.1 Å². The van der Waals surface area contributed by atoms with Gasteiger partial charge in [0.15, 0.2) is 0 Å². The third-order valence-electron chi connectivity index (χ3n) is 5.54. The van der Waals surface area contributed by atoms with Crippen molar-refractivity contribution in [1.82, 2.24) is 9.80 Å². The van der Waals surface area contributed by atoms with Crippen molar-refractivity contribution in [2.45, 2.75) is 19.0 Å². The van der Waals surface area contributed by atoms with Crippen LogP contribution in [-0.4, -0.2) is 49.1 Å². The van der Waals surface area contributed by atoms with Crippen molar-refractivity contribution in [2.75, 3.05) is 27.2 Å². The summed E-state index contributed by atoms with van der Waals surface area (Å²) in [6, 6.07) is 16.5. The first-order chi connectivity index (χ1) is 13.7. The van der Waals surface area contributed by atoms with Crippen molar-refractivity contribution in [3.8, 4) is 5.75 Å².